The highest BCUT2D eigenvalue weighted by atomic mass is 16.5. The molecule has 0 saturated carbocycles. The van der Waals surface area contributed by atoms with Crippen molar-refractivity contribution in [3.8, 4) is 5.69 Å². The number of carbonyl (C=O) groups is 1. The summed E-state index contributed by atoms with van der Waals surface area (Å²) in [6, 6.07) is 17.9. The molecule has 0 fully saturated rings. The van der Waals surface area contributed by atoms with Gasteiger partial charge in [-0.2, -0.15) is 0 Å². The van der Waals surface area contributed by atoms with Crippen LogP contribution < -0.4 is 0 Å². The first-order valence-electron chi connectivity index (χ1n) is 9.04. The molecule has 0 aliphatic heterocycles. The second kappa shape index (κ2) is 8.04. The number of hydrogen-bond donors (Lipinski definition) is 0. The summed E-state index contributed by atoms with van der Waals surface area (Å²) in [6.45, 7) is 6.34. The molecule has 0 aliphatic carbocycles. The molecule has 0 radical (unpaired) electrons. The third kappa shape index (κ3) is 4.00. The van der Waals surface area contributed by atoms with E-state index in [0.717, 1.165) is 34.7 Å². The zero-order valence-electron chi connectivity index (χ0n) is 16.2. The zero-order chi connectivity index (χ0) is 19.4. The van der Waals surface area contributed by atoms with Crippen LogP contribution in [0.25, 0.3) is 5.69 Å². The summed E-state index contributed by atoms with van der Waals surface area (Å²) < 4.78 is 6.99. The number of aromatic nitrogens is 1. The van der Waals surface area contributed by atoms with Crippen molar-refractivity contribution in [3.05, 3.63) is 82.7 Å². The maximum Gasteiger partial charge on any atom is 0.337 e. The van der Waals surface area contributed by atoms with Crippen LogP contribution in [0.1, 0.15) is 39.8 Å². The standard InChI is InChI=1S/C23H24N2O2/c1-5-18-9-11-22(12-10-18)25-16(2)13-20(17(25)3)15-24-21-8-6-7-19(14-21)23(26)27-4/h6-15H,5H2,1-4H3. The van der Waals surface area contributed by atoms with Gasteiger partial charge in [-0.05, 0) is 62.2 Å². The summed E-state index contributed by atoms with van der Waals surface area (Å²) in [7, 11) is 1.38. The van der Waals surface area contributed by atoms with Crippen LogP contribution in [-0.2, 0) is 11.2 Å². The van der Waals surface area contributed by atoms with Gasteiger partial charge in [0.05, 0.1) is 18.4 Å². The van der Waals surface area contributed by atoms with Crippen LogP contribution in [-0.4, -0.2) is 23.9 Å². The monoisotopic (exact) mass is 360 g/mol. The second-order valence-corrected chi connectivity index (χ2v) is 6.48. The summed E-state index contributed by atoms with van der Waals surface area (Å²) in [6.07, 6.45) is 2.88. The largest absolute Gasteiger partial charge is 0.465 e. The molecule has 1 heterocycles. The highest BCUT2D eigenvalue weighted by Crippen LogP contribution is 2.22. The fourth-order valence-electron chi connectivity index (χ4n) is 3.17. The zero-order valence-corrected chi connectivity index (χ0v) is 16.2. The Labute approximate surface area is 160 Å². The third-order valence-electron chi connectivity index (χ3n) is 4.69. The molecule has 4 heteroatoms. The van der Waals surface area contributed by atoms with E-state index in [-0.39, 0.29) is 5.97 Å². The first kappa shape index (κ1) is 18.6. The van der Waals surface area contributed by atoms with Crippen LogP contribution >= 0.6 is 0 Å². The summed E-state index contributed by atoms with van der Waals surface area (Å²) >= 11 is 0. The van der Waals surface area contributed by atoms with Gasteiger partial charge >= 0.3 is 5.97 Å². The Morgan fingerprint density at radius 1 is 1.11 bits per heavy atom. The minimum absolute atomic E-state index is 0.360. The van der Waals surface area contributed by atoms with Crippen molar-refractivity contribution in [2.45, 2.75) is 27.2 Å². The molecule has 4 nitrogen and oxygen atoms in total. The molecule has 2 aromatic carbocycles. The number of carbonyl (C=O) groups excluding carboxylic acids is 1. The van der Waals surface area contributed by atoms with Gasteiger partial charge in [0, 0.05) is 28.9 Å². The Bertz CT molecular complexity index is 982. The third-order valence-corrected chi connectivity index (χ3v) is 4.69. The van der Waals surface area contributed by atoms with Crippen molar-refractivity contribution in [3.63, 3.8) is 0 Å². The number of rotatable bonds is 5. The van der Waals surface area contributed by atoms with Gasteiger partial charge in [0.2, 0.25) is 0 Å². The van der Waals surface area contributed by atoms with Crippen molar-refractivity contribution >= 4 is 17.9 Å². The maximum atomic E-state index is 11.7. The van der Waals surface area contributed by atoms with Crippen LogP contribution in [0.5, 0.6) is 0 Å². The van der Waals surface area contributed by atoms with Crippen LogP contribution in [0, 0.1) is 13.8 Å². The van der Waals surface area contributed by atoms with E-state index in [0.29, 0.717) is 5.56 Å². The van der Waals surface area contributed by atoms with E-state index in [1.807, 2.05) is 12.3 Å². The first-order valence-corrected chi connectivity index (χ1v) is 9.04. The van der Waals surface area contributed by atoms with Gasteiger partial charge in [-0.3, -0.25) is 4.99 Å². The number of hydrogen-bond acceptors (Lipinski definition) is 3. The fourth-order valence-corrected chi connectivity index (χ4v) is 3.17. The number of nitrogens with zero attached hydrogens (tertiary/aromatic N) is 2. The average Bonchev–Trinajstić information content (AvgIpc) is 2.99. The molecule has 0 saturated heterocycles. The average molecular weight is 360 g/mol. The van der Waals surface area contributed by atoms with Crippen LogP contribution in [0.15, 0.2) is 59.6 Å². The molecule has 0 bridgehead atoms. The lowest BCUT2D eigenvalue weighted by molar-refractivity contribution is 0.0601. The highest BCUT2D eigenvalue weighted by Gasteiger charge is 2.10. The molecule has 0 unspecified atom stereocenters. The van der Waals surface area contributed by atoms with Crippen LogP contribution in [0.2, 0.25) is 0 Å². The Kier molecular flexibility index (Phi) is 5.55. The molecule has 0 amide bonds. The number of benzene rings is 2. The summed E-state index contributed by atoms with van der Waals surface area (Å²) in [5.74, 6) is -0.360. The van der Waals surface area contributed by atoms with Crippen LogP contribution in [0.4, 0.5) is 5.69 Å². The molecule has 0 N–H and O–H groups in total. The molecule has 0 atom stereocenters. The predicted octanol–water partition coefficient (Wildman–Crippen LogP) is 5.19. The minimum Gasteiger partial charge on any atom is -0.465 e. The molecule has 27 heavy (non-hydrogen) atoms. The topological polar surface area (TPSA) is 43.6 Å². The lowest BCUT2D eigenvalue weighted by atomic mass is 10.1. The van der Waals surface area contributed by atoms with E-state index in [4.69, 9.17) is 4.74 Å². The lowest BCUT2D eigenvalue weighted by Crippen LogP contribution is -2.00. The van der Waals surface area contributed by atoms with Crippen molar-refractivity contribution in [2.75, 3.05) is 7.11 Å². The first-order chi connectivity index (χ1) is 13.0. The quantitative estimate of drug-likeness (QED) is 0.464. The normalized spacial score (nSPS) is 11.1. The molecule has 0 aliphatic rings. The smallest absolute Gasteiger partial charge is 0.337 e. The maximum absolute atomic E-state index is 11.7. The van der Waals surface area contributed by atoms with Gasteiger partial charge in [-0.1, -0.05) is 25.1 Å². The Hall–Kier alpha value is -3.14. The number of esters is 1. The van der Waals surface area contributed by atoms with Crippen molar-refractivity contribution in [2.24, 2.45) is 4.99 Å². The molecule has 138 valence electrons. The van der Waals surface area contributed by atoms with E-state index in [2.05, 4.69) is 60.7 Å². The Morgan fingerprint density at radius 3 is 2.52 bits per heavy atom. The van der Waals surface area contributed by atoms with Gasteiger partial charge in [0.1, 0.15) is 0 Å². The van der Waals surface area contributed by atoms with Gasteiger partial charge in [-0.25, -0.2) is 4.79 Å². The van der Waals surface area contributed by atoms with E-state index >= 15 is 0 Å². The number of ether oxygens (including phenoxy) is 1. The molecule has 3 aromatic rings. The van der Waals surface area contributed by atoms with Crippen molar-refractivity contribution < 1.29 is 9.53 Å². The number of aliphatic imine (C=N–C) groups is 1. The van der Waals surface area contributed by atoms with Crippen molar-refractivity contribution in [1.82, 2.24) is 4.57 Å². The predicted molar refractivity (Wildman–Crippen MR) is 110 cm³/mol. The van der Waals surface area contributed by atoms with E-state index in [1.165, 1.54) is 12.7 Å². The molecule has 0 spiro atoms. The van der Waals surface area contributed by atoms with Gasteiger partial charge in [0.15, 0.2) is 0 Å². The molecule has 1 aromatic heterocycles. The van der Waals surface area contributed by atoms with Gasteiger partial charge < -0.3 is 9.30 Å². The number of aryl methyl sites for hydroxylation is 2. The Balaban J connectivity index is 1.90. The minimum atomic E-state index is -0.360. The van der Waals surface area contributed by atoms with Crippen LogP contribution in [0.3, 0.4) is 0 Å². The Morgan fingerprint density at radius 2 is 1.85 bits per heavy atom. The number of methoxy groups -OCH3 is 1. The molecular formula is C23H24N2O2. The molecule has 3 rings (SSSR count). The summed E-state index contributed by atoms with van der Waals surface area (Å²) in [4.78, 5) is 16.2. The van der Waals surface area contributed by atoms with E-state index < -0.39 is 0 Å². The highest BCUT2D eigenvalue weighted by molar-refractivity contribution is 5.91. The van der Waals surface area contributed by atoms with Gasteiger partial charge in [-0.15, -0.1) is 0 Å². The fraction of sp³-hybridized carbons (Fsp3) is 0.217. The molecular weight excluding hydrogens is 336 g/mol. The lowest BCUT2D eigenvalue weighted by Gasteiger charge is -2.10. The van der Waals surface area contributed by atoms with Gasteiger partial charge in [0.25, 0.3) is 0 Å². The van der Waals surface area contributed by atoms with E-state index in [1.54, 1.807) is 18.2 Å². The summed E-state index contributed by atoms with van der Waals surface area (Å²) in [5, 5.41) is 0. The van der Waals surface area contributed by atoms with E-state index in [9.17, 15) is 4.79 Å². The SMILES string of the molecule is CCc1ccc(-n2c(C)cc(C=Nc3cccc(C(=O)OC)c3)c2C)cc1. The summed E-state index contributed by atoms with van der Waals surface area (Å²) in [5.41, 5.74) is 7.02. The second-order valence-electron chi connectivity index (χ2n) is 6.48. The van der Waals surface area contributed by atoms with Crippen molar-refractivity contribution in [1.29, 1.82) is 0 Å².